The summed E-state index contributed by atoms with van der Waals surface area (Å²) in [6.07, 6.45) is 5.28. The minimum atomic E-state index is 0.193. The van der Waals surface area contributed by atoms with Crippen LogP contribution in [0, 0.1) is 17.3 Å². The molecule has 2 N–H and O–H groups in total. The van der Waals surface area contributed by atoms with Gasteiger partial charge in [0.2, 0.25) is 0 Å². The summed E-state index contributed by atoms with van der Waals surface area (Å²) in [7, 11) is 1.57. The number of methoxy groups -OCH3 is 1. The number of rotatable bonds is 4. The third kappa shape index (κ3) is 4.29. The summed E-state index contributed by atoms with van der Waals surface area (Å²) in [5.41, 5.74) is 1.41. The van der Waals surface area contributed by atoms with Crippen LogP contribution in [0.3, 0.4) is 0 Å². The van der Waals surface area contributed by atoms with Gasteiger partial charge in [-0.15, -0.1) is 0 Å². The Morgan fingerprint density at radius 2 is 1.86 bits per heavy atom. The van der Waals surface area contributed by atoms with E-state index in [1.807, 2.05) is 6.07 Å². The Labute approximate surface area is 128 Å². The molecule has 0 aromatic heterocycles. The molecular weight excluding hydrogens is 262 g/mol. The largest absolute Gasteiger partial charge is 0.504 e. The van der Waals surface area contributed by atoms with Gasteiger partial charge < -0.3 is 15.2 Å². The van der Waals surface area contributed by atoms with Crippen molar-refractivity contribution >= 4 is 5.69 Å². The summed E-state index contributed by atoms with van der Waals surface area (Å²) in [4.78, 5) is 0. The van der Waals surface area contributed by atoms with E-state index in [9.17, 15) is 5.11 Å². The second-order valence-electron chi connectivity index (χ2n) is 7.35. The SMILES string of the molecule is COc1ccc(NCC2CCC(C(C)(C)C)CC2)cc1O. The number of phenolic OH excluding ortho intramolecular Hbond substituents is 1. The van der Waals surface area contributed by atoms with Gasteiger partial charge in [-0.05, 0) is 55.1 Å². The van der Waals surface area contributed by atoms with E-state index in [2.05, 4.69) is 26.1 Å². The first kappa shape index (κ1) is 16.0. The Balaban J connectivity index is 1.81. The van der Waals surface area contributed by atoms with Gasteiger partial charge in [0.25, 0.3) is 0 Å². The van der Waals surface area contributed by atoms with Gasteiger partial charge in [-0.2, -0.15) is 0 Å². The molecule has 0 bridgehead atoms. The normalized spacial score (nSPS) is 22.9. The molecule has 21 heavy (non-hydrogen) atoms. The molecule has 1 aliphatic carbocycles. The molecule has 3 nitrogen and oxygen atoms in total. The van der Waals surface area contributed by atoms with E-state index in [0.29, 0.717) is 11.2 Å². The average molecular weight is 291 g/mol. The van der Waals surface area contributed by atoms with Gasteiger partial charge in [0.15, 0.2) is 11.5 Å². The first-order valence-corrected chi connectivity index (χ1v) is 8.01. The standard InChI is InChI=1S/C18H29NO2/c1-18(2,3)14-7-5-13(6-8-14)12-19-15-9-10-17(21-4)16(20)11-15/h9-11,13-14,19-20H,5-8,12H2,1-4H3. The molecule has 118 valence electrons. The highest BCUT2D eigenvalue weighted by Crippen LogP contribution is 2.39. The lowest BCUT2D eigenvalue weighted by molar-refractivity contribution is 0.153. The molecule has 1 aromatic rings. The smallest absolute Gasteiger partial charge is 0.160 e. The van der Waals surface area contributed by atoms with Crippen molar-refractivity contribution in [2.45, 2.75) is 46.5 Å². The summed E-state index contributed by atoms with van der Waals surface area (Å²) in [5, 5.41) is 13.2. The maximum atomic E-state index is 9.79. The molecule has 0 saturated heterocycles. The topological polar surface area (TPSA) is 41.5 Å². The lowest BCUT2D eigenvalue weighted by Crippen LogP contribution is -2.28. The van der Waals surface area contributed by atoms with Crippen LogP contribution < -0.4 is 10.1 Å². The predicted molar refractivity (Wildman–Crippen MR) is 88.1 cm³/mol. The maximum absolute atomic E-state index is 9.79. The Hall–Kier alpha value is -1.38. The van der Waals surface area contributed by atoms with Crippen molar-refractivity contribution < 1.29 is 9.84 Å². The summed E-state index contributed by atoms with van der Waals surface area (Å²) >= 11 is 0. The number of ether oxygens (including phenoxy) is 1. The van der Waals surface area contributed by atoms with Gasteiger partial charge in [0.1, 0.15) is 0 Å². The number of anilines is 1. The van der Waals surface area contributed by atoms with Gasteiger partial charge in [0, 0.05) is 18.3 Å². The first-order chi connectivity index (χ1) is 9.90. The zero-order chi connectivity index (χ0) is 15.5. The molecule has 2 rings (SSSR count). The van der Waals surface area contributed by atoms with Gasteiger partial charge in [-0.25, -0.2) is 0 Å². The van der Waals surface area contributed by atoms with Gasteiger partial charge >= 0.3 is 0 Å². The molecule has 0 spiro atoms. The second-order valence-corrected chi connectivity index (χ2v) is 7.35. The fraction of sp³-hybridized carbons (Fsp3) is 0.667. The Morgan fingerprint density at radius 1 is 1.19 bits per heavy atom. The predicted octanol–water partition coefficient (Wildman–Crippen LogP) is 4.67. The van der Waals surface area contributed by atoms with E-state index in [1.54, 1.807) is 19.2 Å². The van der Waals surface area contributed by atoms with Crippen molar-refractivity contribution in [1.82, 2.24) is 0 Å². The molecule has 0 amide bonds. The van der Waals surface area contributed by atoms with Crippen molar-refractivity contribution in [3.63, 3.8) is 0 Å². The number of hydrogen-bond acceptors (Lipinski definition) is 3. The van der Waals surface area contributed by atoms with E-state index in [1.165, 1.54) is 25.7 Å². The molecule has 1 fully saturated rings. The third-order valence-corrected chi connectivity index (χ3v) is 4.85. The monoisotopic (exact) mass is 291 g/mol. The number of nitrogens with one attached hydrogen (secondary N) is 1. The van der Waals surface area contributed by atoms with Crippen LogP contribution in [0.4, 0.5) is 5.69 Å². The zero-order valence-electron chi connectivity index (χ0n) is 13.8. The highest BCUT2D eigenvalue weighted by Gasteiger charge is 2.29. The molecule has 1 aliphatic rings. The van der Waals surface area contributed by atoms with E-state index in [-0.39, 0.29) is 5.75 Å². The average Bonchev–Trinajstić information content (AvgIpc) is 2.45. The quantitative estimate of drug-likeness (QED) is 0.847. The van der Waals surface area contributed by atoms with Crippen LogP contribution in [-0.4, -0.2) is 18.8 Å². The molecule has 1 aromatic carbocycles. The highest BCUT2D eigenvalue weighted by molar-refractivity contribution is 5.54. The Morgan fingerprint density at radius 3 is 2.38 bits per heavy atom. The zero-order valence-corrected chi connectivity index (χ0v) is 13.8. The lowest BCUT2D eigenvalue weighted by Gasteiger charge is -2.37. The van der Waals surface area contributed by atoms with Crippen LogP contribution in [0.2, 0.25) is 0 Å². The van der Waals surface area contributed by atoms with Crippen molar-refractivity contribution in [2.24, 2.45) is 17.3 Å². The van der Waals surface area contributed by atoms with E-state index in [0.717, 1.165) is 24.1 Å². The molecule has 0 heterocycles. The van der Waals surface area contributed by atoms with Crippen LogP contribution in [-0.2, 0) is 0 Å². The Kier molecular flexibility index (Phi) is 5.02. The first-order valence-electron chi connectivity index (χ1n) is 8.01. The fourth-order valence-electron chi connectivity index (χ4n) is 3.29. The van der Waals surface area contributed by atoms with Crippen molar-refractivity contribution in [2.75, 3.05) is 19.0 Å². The molecule has 0 unspecified atom stereocenters. The van der Waals surface area contributed by atoms with Crippen LogP contribution >= 0.6 is 0 Å². The van der Waals surface area contributed by atoms with E-state index >= 15 is 0 Å². The van der Waals surface area contributed by atoms with Crippen molar-refractivity contribution in [3.05, 3.63) is 18.2 Å². The lowest BCUT2D eigenvalue weighted by atomic mass is 9.70. The van der Waals surface area contributed by atoms with Gasteiger partial charge in [0.05, 0.1) is 7.11 Å². The van der Waals surface area contributed by atoms with Crippen LogP contribution in [0.15, 0.2) is 18.2 Å². The number of aromatic hydroxyl groups is 1. The summed E-state index contributed by atoms with van der Waals surface area (Å²) in [6.45, 7) is 8.06. The molecule has 0 radical (unpaired) electrons. The summed E-state index contributed by atoms with van der Waals surface area (Å²) < 4.78 is 5.06. The van der Waals surface area contributed by atoms with E-state index in [4.69, 9.17) is 4.74 Å². The minimum Gasteiger partial charge on any atom is -0.504 e. The van der Waals surface area contributed by atoms with Gasteiger partial charge in [-0.3, -0.25) is 0 Å². The second kappa shape index (κ2) is 6.59. The third-order valence-electron chi connectivity index (χ3n) is 4.85. The van der Waals surface area contributed by atoms with Crippen LogP contribution in [0.1, 0.15) is 46.5 Å². The number of hydrogen-bond donors (Lipinski definition) is 2. The van der Waals surface area contributed by atoms with Gasteiger partial charge in [-0.1, -0.05) is 20.8 Å². The van der Waals surface area contributed by atoms with Crippen LogP contribution in [0.5, 0.6) is 11.5 Å². The number of benzene rings is 1. The van der Waals surface area contributed by atoms with Crippen molar-refractivity contribution in [3.8, 4) is 11.5 Å². The minimum absolute atomic E-state index is 0.193. The summed E-state index contributed by atoms with van der Waals surface area (Å²) in [6, 6.07) is 5.49. The molecule has 0 aliphatic heterocycles. The fourth-order valence-corrected chi connectivity index (χ4v) is 3.29. The maximum Gasteiger partial charge on any atom is 0.160 e. The summed E-state index contributed by atoms with van der Waals surface area (Å²) in [5.74, 6) is 2.32. The number of phenols is 1. The highest BCUT2D eigenvalue weighted by atomic mass is 16.5. The molecule has 0 atom stereocenters. The van der Waals surface area contributed by atoms with Crippen molar-refractivity contribution in [1.29, 1.82) is 0 Å². The molecule has 1 saturated carbocycles. The molecule has 3 heteroatoms. The Bertz CT molecular complexity index is 457. The van der Waals surface area contributed by atoms with E-state index < -0.39 is 0 Å². The van der Waals surface area contributed by atoms with Crippen LogP contribution in [0.25, 0.3) is 0 Å². The molecular formula is C18H29NO2.